The Hall–Kier alpha value is -4.04. The van der Waals surface area contributed by atoms with Gasteiger partial charge in [0, 0.05) is 5.56 Å². The van der Waals surface area contributed by atoms with Gasteiger partial charge in [-0.3, -0.25) is 4.79 Å². The molecule has 0 aliphatic carbocycles. The summed E-state index contributed by atoms with van der Waals surface area (Å²) < 4.78 is 21.4. The van der Waals surface area contributed by atoms with Gasteiger partial charge in [0.1, 0.15) is 5.75 Å². The van der Waals surface area contributed by atoms with Crippen molar-refractivity contribution in [2.75, 3.05) is 21.3 Å². The molecule has 9 heteroatoms. The minimum Gasteiger partial charge on any atom is -0.493 e. The van der Waals surface area contributed by atoms with Crippen LogP contribution in [-0.2, 0) is 0 Å². The summed E-state index contributed by atoms with van der Waals surface area (Å²) in [6.45, 7) is 1.88. The third-order valence-electron chi connectivity index (χ3n) is 4.76. The van der Waals surface area contributed by atoms with Crippen LogP contribution in [0.3, 0.4) is 0 Å². The number of amides is 1. The standard InChI is InChI=1S/C25H23ClN2O6/c1-15-9-10-18(19(26)11-15)24(29)28-27-14-16-7-5-6-8-20(16)34-25(30)17-12-21(31-2)23(33-4)22(13-17)32-3/h5-14H,1-4H3,(H,28,29)/b27-14-. The van der Waals surface area contributed by atoms with Gasteiger partial charge in [-0.25, -0.2) is 10.2 Å². The number of halogens is 1. The van der Waals surface area contributed by atoms with Crippen molar-refractivity contribution in [3.63, 3.8) is 0 Å². The Morgan fingerprint density at radius 2 is 1.59 bits per heavy atom. The van der Waals surface area contributed by atoms with E-state index < -0.39 is 11.9 Å². The fraction of sp³-hybridized carbons (Fsp3) is 0.160. The summed E-state index contributed by atoms with van der Waals surface area (Å²) in [5.41, 5.74) is 4.33. The average molecular weight is 483 g/mol. The highest BCUT2D eigenvalue weighted by molar-refractivity contribution is 6.33. The quantitative estimate of drug-likeness (QED) is 0.217. The molecule has 0 atom stereocenters. The second-order valence-corrected chi connectivity index (χ2v) is 7.43. The molecular weight excluding hydrogens is 460 g/mol. The molecule has 0 bridgehead atoms. The lowest BCUT2D eigenvalue weighted by molar-refractivity contribution is 0.0733. The number of ether oxygens (including phenoxy) is 4. The summed E-state index contributed by atoms with van der Waals surface area (Å²) in [6, 6.07) is 14.8. The Balaban J connectivity index is 1.78. The highest BCUT2D eigenvalue weighted by atomic mass is 35.5. The molecule has 0 aliphatic heterocycles. The van der Waals surface area contributed by atoms with Gasteiger partial charge in [0.05, 0.1) is 43.7 Å². The van der Waals surface area contributed by atoms with E-state index in [0.717, 1.165) is 5.56 Å². The van der Waals surface area contributed by atoms with Crippen LogP contribution in [0.25, 0.3) is 0 Å². The van der Waals surface area contributed by atoms with E-state index in [9.17, 15) is 9.59 Å². The number of hydrogen-bond donors (Lipinski definition) is 1. The Morgan fingerprint density at radius 1 is 0.912 bits per heavy atom. The molecule has 3 aromatic carbocycles. The van der Waals surface area contributed by atoms with Gasteiger partial charge in [0.25, 0.3) is 5.91 Å². The summed E-state index contributed by atoms with van der Waals surface area (Å²) in [7, 11) is 4.38. The summed E-state index contributed by atoms with van der Waals surface area (Å²) in [4.78, 5) is 25.2. The minimum atomic E-state index is -0.643. The molecule has 0 saturated carbocycles. The monoisotopic (exact) mass is 482 g/mol. The lowest BCUT2D eigenvalue weighted by Crippen LogP contribution is -2.18. The van der Waals surface area contributed by atoms with E-state index in [4.69, 9.17) is 30.5 Å². The van der Waals surface area contributed by atoms with Crippen LogP contribution in [0.1, 0.15) is 31.8 Å². The number of rotatable bonds is 8. The molecule has 0 saturated heterocycles. The highest BCUT2D eigenvalue weighted by Crippen LogP contribution is 2.38. The number of nitrogens with zero attached hydrogens (tertiary/aromatic N) is 1. The average Bonchev–Trinajstić information content (AvgIpc) is 2.83. The van der Waals surface area contributed by atoms with Crippen LogP contribution in [0.2, 0.25) is 5.02 Å². The van der Waals surface area contributed by atoms with Gasteiger partial charge in [-0.15, -0.1) is 0 Å². The van der Waals surface area contributed by atoms with Crippen molar-refractivity contribution in [1.29, 1.82) is 0 Å². The molecule has 0 spiro atoms. The maximum atomic E-state index is 12.8. The van der Waals surface area contributed by atoms with E-state index in [-0.39, 0.29) is 11.3 Å². The number of para-hydroxylation sites is 1. The molecule has 0 radical (unpaired) electrons. The topological polar surface area (TPSA) is 95.5 Å². The predicted molar refractivity (Wildman–Crippen MR) is 129 cm³/mol. The van der Waals surface area contributed by atoms with Gasteiger partial charge in [-0.05, 0) is 48.9 Å². The second-order valence-electron chi connectivity index (χ2n) is 7.02. The number of aryl methyl sites for hydroxylation is 1. The smallest absolute Gasteiger partial charge is 0.343 e. The number of hydrazone groups is 1. The van der Waals surface area contributed by atoms with E-state index in [1.54, 1.807) is 42.5 Å². The van der Waals surface area contributed by atoms with Gasteiger partial charge in [-0.2, -0.15) is 5.10 Å². The lowest BCUT2D eigenvalue weighted by Gasteiger charge is -2.14. The molecule has 34 heavy (non-hydrogen) atoms. The van der Waals surface area contributed by atoms with Crippen LogP contribution in [0.5, 0.6) is 23.0 Å². The molecule has 1 amide bonds. The van der Waals surface area contributed by atoms with Gasteiger partial charge in [-0.1, -0.05) is 29.8 Å². The fourth-order valence-corrected chi connectivity index (χ4v) is 3.38. The van der Waals surface area contributed by atoms with Crippen molar-refractivity contribution in [3.05, 3.63) is 81.9 Å². The number of nitrogens with one attached hydrogen (secondary N) is 1. The first-order chi connectivity index (χ1) is 16.4. The Bertz CT molecular complexity index is 1220. The molecule has 3 aromatic rings. The van der Waals surface area contributed by atoms with Crippen LogP contribution < -0.4 is 24.4 Å². The van der Waals surface area contributed by atoms with Crippen LogP contribution in [0, 0.1) is 6.92 Å². The zero-order valence-corrected chi connectivity index (χ0v) is 19.8. The first kappa shape index (κ1) is 24.6. The third-order valence-corrected chi connectivity index (χ3v) is 5.07. The van der Waals surface area contributed by atoms with Crippen molar-refractivity contribution in [2.45, 2.75) is 6.92 Å². The summed E-state index contributed by atoms with van der Waals surface area (Å²) in [6.07, 6.45) is 1.37. The molecular formula is C25H23ClN2O6. The zero-order chi connectivity index (χ0) is 24.7. The maximum absolute atomic E-state index is 12.8. The fourth-order valence-electron chi connectivity index (χ4n) is 3.06. The van der Waals surface area contributed by atoms with Gasteiger partial charge < -0.3 is 18.9 Å². The number of hydrogen-bond acceptors (Lipinski definition) is 7. The number of carbonyl (C=O) groups is 2. The van der Waals surface area contributed by atoms with E-state index in [2.05, 4.69) is 10.5 Å². The lowest BCUT2D eigenvalue weighted by atomic mass is 10.1. The van der Waals surface area contributed by atoms with Crippen molar-refractivity contribution in [3.8, 4) is 23.0 Å². The van der Waals surface area contributed by atoms with E-state index in [0.29, 0.717) is 33.4 Å². The summed E-state index contributed by atoms with van der Waals surface area (Å²) >= 11 is 6.13. The van der Waals surface area contributed by atoms with Crippen LogP contribution in [0.15, 0.2) is 59.7 Å². The first-order valence-corrected chi connectivity index (χ1v) is 10.5. The predicted octanol–water partition coefficient (Wildman–Crippen LogP) is 4.66. The largest absolute Gasteiger partial charge is 0.493 e. The first-order valence-electron chi connectivity index (χ1n) is 10.1. The van der Waals surface area contributed by atoms with E-state index in [1.165, 1.54) is 39.7 Å². The molecule has 0 heterocycles. The Kier molecular flexibility index (Phi) is 8.10. The Labute approximate surface area is 202 Å². The second kappa shape index (κ2) is 11.2. The maximum Gasteiger partial charge on any atom is 0.343 e. The molecule has 0 unspecified atom stereocenters. The van der Waals surface area contributed by atoms with Gasteiger partial charge >= 0.3 is 5.97 Å². The summed E-state index contributed by atoms with van der Waals surface area (Å²) in [5.74, 6) is 0.136. The normalized spacial score (nSPS) is 10.6. The van der Waals surface area contributed by atoms with Crippen LogP contribution >= 0.6 is 11.6 Å². The molecule has 8 nitrogen and oxygen atoms in total. The van der Waals surface area contributed by atoms with E-state index in [1.807, 2.05) is 6.92 Å². The van der Waals surface area contributed by atoms with Crippen molar-refractivity contribution in [2.24, 2.45) is 5.10 Å². The molecule has 3 rings (SSSR count). The minimum absolute atomic E-state index is 0.198. The van der Waals surface area contributed by atoms with Crippen molar-refractivity contribution in [1.82, 2.24) is 5.43 Å². The number of esters is 1. The number of methoxy groups -OCH3 is 3. The SMILES string of the molecule is COc1cc(C(=O)Oc2ccccc2/C=N\NC(=O)c2ccc(C)cc2Cl)cc(OC)c1OC. The number of carbonyl (C=O) groups excluding carboxylic acids is 2. The summed E-state index contributed by atoms with van der Waals surface area (Å²) in [5, 5.41) is 4.29. The van der Waals surface area contributed by atoms with Gasteiger partial charge in [0.15, 0.2) is 11.5 Å². The number of benzene rings is 3. The third kappa shape index (κ3) is 5.65. The molecule has 1 N–H and O–H groups in total. The van der Waals surface area contributed by atoms with E-state index >= 15 is 0 Å². The van der Waals surface area contributed by atoms with Crippen LogP contribution in [0.4, 0.5) is 0 Å². The molecule has 176 valence electrons. The van der Waals surface area contributed by atoms with Crippen molar-refractivity contribution < 1.29 is 28.5 Å². The van der Waals surface area contributed by atoms with Crippen molar-refractivity contribution >= 4 is 29.7 Å². The molecule has 0 aliphatic rings. The molecule has 0 aromatic heterocycles. The Morgan fingerprint density at radius 3 is 2.21 bits per heavy atom. The molecule has 0 fully saturated rings. The van der Waals surface area contributed by atoms with Gasteiger partial charge in [0.2, 0.25) is 5.75 Å². The highest BCUT2D eigenvalue weighted by Gasteiger charge is 2.19. The zero-order valence-electron chi connectivity index (χ0n) is 19.0. The van der Waals surface area contributed by atoms with Crippen LogP contribution in [-0.4, -0.2) is 39.4 Å².